The molecule has 3 heterocycles. The maximum absolute atomic E-state index is 13.7. The Hall–Kier alpha value is -3.36. The Labute approximate surface area is 140 Å². The zero-order valence-corrected chi connectivity index (χ0v) is 13.2. The van der Waals surface area contributed by atoms with Gasteiger partial charge in [0.05, 0.1) is 11.7 Å². The minimum Gasteiger partial charge on any atom is -0.368 e. The summed E-state index contributed by atoms with van der Waals surface area (Å²) in [6.07, 6.45) is 4.46. The summed E-state index contributed by atoms with van der Waals surface area (Å²) < 4.78 is 30.6. The summed E-state index contributed by atoms with van der Waals surface area (Å²) in [5.74, 6) is -0.666. The molecule has 4 rings (SSSR count). The van der Waals surface area contributed by atoms with Crippen LogP contribution >= 0.6 is 0 Å². The molecule has 0 unspecified atom stereocenters. The molecule has 1 aromatic carbocycles. The molecular weight excluding hydrogens is 328 g/mol. The van der Waals surface area contributed by atoms with Crippen molar-refractivity contribution in [3.05, 3.63) is 48.6 Å². The van der Waals surface area contributed by atoms with E-state index in [4.69, 9.17) is 5.73 Å². The third kappa shape index (κ3) is 2.40. The van der Waals surface area contributed by atoms with E-state index in [1.807, 2.05) is 11.5 Å². The van der Waals surface area contributed by atoms with E-state index < -0.39 is 11.6 Å². The Bertz CT molecular complexity index is 1060. The molecule has 9 heteroatoms. The van der Waals surface area contributed by atoms with Crippen molar-refractivity contribution in [1.82, 2.24) is 29.3 Å². The second-order valence-corrected chi connectivity index (χ2v) is 5.40. The minimum absolute atomic E-state index is 0.191. The molecule has 0 aliphatic carbocycles. The van der Waals surface area contributed by atoms with Crippen molar-refractivity contribution in [2.45, 2.75) is 13.5 Å². The van der Waals surface area contributed by atoms with Gasteiger partial charge in [0.2, 0.25) is 11.9 Å². The van der Waals surface area contributed by atoms with Gasteiger partial charge in [0.15, 0.2) is 0 Å². The standard InChI is InChI=1S/C16H13F2N7/c1-2-24-14-12(9-3-10(17)5-11(18)4-9)6-20-7-13(14)23-16(24)25-15(19)21-8-22-25/h3-8H,2H2,1H3,(H2,19,21,22). The first-order valence-corrected chi connectivity index (χ1v) is 7.55. The summed E-state index contributed by atoms with van der Waals surface area (Å²) in [5, 5.41) is 4.08. The van der Waals surface area contributed by atoms with Gasteiger partial charge in [0.1, 0.15) is 23.5 Å². The highest BCUT2D eigenvalue weighted by atomic mass is 19.1. The van der Waals surface area contributed by atoms with Crippen LogP contribution in [0.5, 0.6) is 0 Å². The second kappa shape index (κ2) is 5.62. The molecule has 0 amide bonds. The third-order valence-corrected chi connectivity index (χ3v) is 3.88. The van der Waals surface area contributed by atoms with Gasteiger partial charge in [-0.15, -0.1) is 0 Å². The molecule has 0 aliphatic rings. The molecule has 3 aromatic heterocycles. The summed E-state index contributed by atoms with van der Waals surface area (Å²) in [7, 11) is 0. The molecule has 25 heavy (non-hydrogen) atoms. The highest BCUT2D eigenvalue weighted by Crippen LogP contribution is 2.30. The number of halogens is 2. The van der Waals surface area contributed by atoms with Crippen LogP contribution in [0.4, 0.5) is 14.7 Å². The Balaban J connectivity index is 2.04. The number of aryl methyl sites for hydroxylation is 1. The van der Waals surface area contributed by atoms with Crippen LogP contribution < -0.4 is 5.73 Å². The zero-order chi connectivity index (χ0) is 17.6. The van der Waals surface area contributed by atoms with Gasteiger partial charge in [0.25, 0.3) is 0 Å². The molecule has 0 saturated heterocycles. The minimum atomic E-state index is -0.657. The molecule has 2 N–H and O–H groups in total. The van der Waals surface area contributed by atoms with Gasteiger partial charge in [-0.05, 0) is 24.6 Å². The highest BCUT2D eigenvalue weighted by molar-refractivity contribution is 5.92. The zero-order valence-electron chi connectivity index (χ0n) is 13.2. The summed E-state index contributed by atoms with van der Waals surface area (Å²) in [6, 6.07) is 3.35. The van der Waals surface area contributed by atoms with Crippen molar-refractivity contribution in [2.75, 3.05) is 5.73 Å². The quantitative estimate of drug-likeness (QED) is 0.619. The van der Waals surface area contributed by atoms with Gasteiger partial charge in [-0.3, -0.25) is 4.98 Å². The van der Waals surface area contributed by atoms with Crippen LogP contribution in [0.3, 0.4) is 0 Å². The van der Waals surface area contributed by atoms with E-state index in [1.165, 1.54) is 23.1 Å². The SMILES string of the molecule is CCn1c(-n2ncnc2N)nc2cncc(-c3cc(F)cc(F)c3)c21. The average molecular weight is 341 g/mol. The van der Waals surface area contributed by atoms with E-state index >= 15 is 0 Å². The Morgan fingerprint density at radius 2 is 1.88 bits per heavy atom. The monoisotopic (exact) mass is 341 g/mol. The second-order valence-electron chi connectivity index (χ2n) is 5.40. The number of hydrogen-bond donors (Lipinski definition) is 1. The number of nitrogen functional groups attached to an aromatic ring is 1. The summed E-state index contributed by atoms with van der Waals surface area (Å²) in [5.41, 5.74) is 8.02. The van der Waals surface area contributed by atoms with Crippen molar-refractivity contribution in [3.63, 3.8) is 0 Å². The van der Waals surface area contributed by atoms with E-state index in [-0.39, 0.29) is 5.95 Å². The largest absolute Gasteiger partial charge is 0.368 e. The Morgan fingerprint density at radius 1 is 1.12 bits per heavy atom. The summed E-state index contributed by atoms with van der Waals surface area (Å²) in [6.45, 7) is 2.47. The van der Waals surface area contributed by atoms with Crippen LogP contribution in [-0.4, -0.2) is 29.3 Å². The molecule has 126 valence electrons. The molecule has 4 aromatic rings. The lowest BCUT2D eigenvalue weighted by Crippen LogP contribution is -2.10. The van der Waals surface area contributed by atoms with Gasteiger partial charge >= 0.3 is 0 Å². The number of nitrogens with zero attached hydrogens (tertiary/aromatic N) is 6. The topological polar surface area (TPSA) is 87.4 Å². The van der Waals surface area contributed by atoms with Crippen molar-refractivity contribution >= 4 is 17.0 Å². The number of aromatic nitrogens is 6. The van der Waals surface area contributed by atoms with Crippen LogP contribution in [0.25, 0.3) is 28.1 Å². The van der Waals surface area contributed by atoms with Crippen LogP contribution in [0.15, 0.2) is 36.9 Å². The van der Waals surface area contributed by atoms with E-state index in [2.05, 4.69) is 20.1 Å². The van der Waals surface area contributed by atoms with Crippen molar-refractivity contribution in [2.24, 2.45) is 0 Å². The van der Waals surface area contributed by atoms with Crippen molar-refractivity contribution in [1.29, 1.82) is 0 Å². The van der Waals surface area contributed by atoms with E-state index in [9.17, 15) is 8.78 Å². The molecule has 0 atom stereocenters. The smallest absolute Gasteiger partial charge is 0.235 e. The number of anilines is 1. The first kappa shape index (κ1) is 15.2. The number of imidazole rings is 1. The van der Waals surface area contributed by atoms with Crippen molar-refractivity contribution in [3.8, 4) is 17.1 Å². The fourth-order valence-electron chi connectivity index (χ4n) is 2.86. The first-order valence-electron chi connectivity index (χ1n) is 7.55. The van der Waals surface area contributed by atoms with E-state index in [0.29, 0.717) is 34.7 Å². The molecule has 0 bridgehead atoms. The fraction of sp³-hybridized carbons (Fsp3) is 0.125. The van der Waals surface area contributed by atoms with Gasteiger partial charge < -0.3 is 10.3 Å². The number of hydrogen-bond acceptors (Lipinski definition) is 5. The van der Waals surface area contributed by atoms with Crippen LogP contribution in [0, 0.1) is 11.6 Å². The van der Waals surface area contributed by atoms with Gasteiger partial charge in [0, 0.05) is 24.4 Å². The van der Waals surface area contributed by atoms with Crippen LogP contribution in [0.1, 0.15) is 6.92 Å². The lowest BCUT2D eigenvalue weighted by molar-refractivity contribution is 0.584. The van der Waals surface area contributed by atoms with E-state index in [1.54, 1.807) is 12.4 Å². The number of nitrogens with two attached hydrogens (primary N) is 1. The molecule has 0 spiro atoms. The number of fused-ring (bicyclic) bond motifs is 1. The molecule has 0 radical (unpaired) electrons. The lowest BCUT2D eigenvalue weighted by atomic mass is 10.1. The average Bonchev–Trinajstić information content (AvgIpc) is 3.16. The predicted octanol–water partition coefficient (Wildman–Crippen LogP) is 2.56. The maximum Gasteiger partial charge on any atom is 0.235 e. The number of pyridine rings is 1. The Kier molecular flexibility index (Phi) is 3.41. The highest BCUT2D eigenvalue weighted by Gasteiger charge is 2.18. The predicted molar refractivity (Wildman–Crippen MR) is 87.9 cm³/mol. The van der Waals surface area contributed by atoms with Gasteiger partial charge in [-0.2, -0.15) is 14.8 Å². The first-order chi connectivity index (χ1) is 12.1. The maximum atomic E-state index is 13.7. The molecule has 0 aliphatic heterocycles. The Morgan fingerprint density at radius 3 is 2.52 bits per heavy atom. The molecule has 0 fully saturated rings. The summed E-state index contributed by atoms with van der Waals surface area (Å²) in [4.78, 5) is 12.6. The number of rotatable bonds is 3. The number of benzene rings is 1. The molecule has 0 saturated carbocycles. The van der Waals surface area contributed by atoms with Gasteiger partial charge in [-0.25, -0.2) is 13.8 Å². The summed E-state index contributed by atoms with van der Waals surface area (Å²) >= 11 is 0. The van der Waals surface area contributed by atoms with Crippen LogP contribution in [0.2, 0.25) is 0 Å². The van der Waals surface area contributed by atoms with Crippen LogP contribution in [-0.2, 0) is 6.54 Å². The molecular formula is C16H13F2N7. The molecule has 7 nitrogen and oxygen atoms in total. The van der Waals surface area contributed by atoms with Gasteiger partial charge in [-0.1, -0.05) is 0 Å². The lowest BCUT2D eigenvalue weighted by Gasteiger charge is -2.09. The normalized spacial score (nSPS) is 11.3. The van der Waals surface area contributed by atoms with Crippen molar-refractivity contribution < 1.29 is 8.78 Å². The fourth-order valence-corrected chi connectivity index (χ4v) is 2.86. The third-order valence-electron chi connectivity index (χ3n) is 3.88. The van der Waals surface area contributed by atoms with E-state index in [0.717, 1.165) is 6.07 Å².